The lowest BCUT2D eigenvalue weighted by Crippen LogP contribution is -2.27. The highest BCUT2D eigenvalue weighted by molar-refractivity contribution is 5.58. The summed E-state index contributed by atoms with van der Waals surface area (Å²) in [6.07, 6.45) is 6.48. The molecule has 0 aliphatic heterocycles. The van der Waals surface area contributed by atoms with Crippen LogP contribution in [0.3, 0.4) is 0 Å². The highest BCUT2D eigenvalue weighted by Gasteiger charge is 2.21. The van der Waals surface area contributed by atoms with Gasteiger partial charge in [-0.1, -0.05) is 19.3 Å². The van der Waals surface area contributed by atoms with Crippen molar-refractivity contribution in [2.24, 2.45) is 5.92 Å². The van der Waals surface area contributed by atoms with Crippen LogP contribution in [0, 0.1) is 16.0 Å². The van der Waals surface area contributed by atoms with Gasteiger partial charge in [-0.25, -0.2) is 0 Å². The van der Waals surface area contributed by atoms with Gasteiger partial charge in [-0.15, -0.1) is 0 Å². The first-order valence-electron chi connectivity index (χ1n) is 7.21. The first-order chi connectivity index (χ1) is 9.61. The lowest BCUT2D eigenvalue weighted by molar-refractivity contribution is -0.385. The molecule has 0 aromatic heterocycles. The van der Waals surface area contributed by atoms with E-state index in [1.807, 2.05) is 0 Å². The summed E-state index contributed by atoms with van der Waals surface area (Å²) in [5.74, 6) is 0.987. The molecule has 0 amide bonds. The Kier molecular flexibility index (Phi) is 4.82. The minimum absolute atomic E-state index is 0.00312. The molecule has 5 nitrogen and oxygen atoms in total. The van der Waals surface area contributed by atoms with Crippen LogP contribution >= 0.6 is 0 Å². The van der Waals surface area contributed by atoms with Crippen LogP contribution in [0.1, 0.15) is 39.0 Å². The van der Waals surface area contributed by atoms with E-state index in [-0.39, 0.29) is 5.69 Å². The number of nitro benzene ring substituents is 1. The van der Waals surface area contributed by atoms with Crippen molar-refractivity contribution < 1.29 is 9.66 Å². The van der Waals surface area contributed by atoms with Crippen molar-refractivity contribution in [1.82, 2.24) is 0 Å². The summed E-state index contributed by atoms with van der Waals surface area (Å²) in [5.41, 5.74) is 0.883. The number of benzene rings is 1. The Morgan fingerprint density at radius 1 is 1.35 bits per heavy atom. The number of hydrogen-bond donors (Lipinski definition) is 1. The van der Waals surface area contributed by atoms with E-state index in [1.165, 1.54) is 45.3 Å². The molecule has 1 fully saturated rings. The van der Waals surface area contributed by atoms with Gasteiger partial charge in [-0.2, -0.15) is 0 Å². The smallest absolute Gasteiger partial charge is 0.311 e. The Balaban J connectivity index is 2.07. The number of hydrogen-bond acceptors (Lipinski definition) is 4. The second-order valence-electron chi connectivity index (χ2n) is 5.47. The van der Waals surface area contributed by atoms with Gasteiger partial charge in [-0.05, 0) is 31.7 Å². The van der Waals surface area contributed by atoms with Crippen LogP contribution in [0.2, 0.25) is 0 Å². The summed E-state index contributed by atoms with van der Waals surface area (Å²) in [6, 6.07) is 5.33. The molecule has 20 heavy (non-hydrogen) atoms. The number of nitrogens with one attached hydrogen (secondary N) is 1. The van der Waals surface area contributed by atoms with E-state index < -0.39 is 4.92 Å². The van der Waals surface area contributed by atoms with Crippen molar-refractivity contribution >= 4 is 11.4 Å². The number of methoxy groups -OCH3 is 1. The quantitative estimate of drug-likeness (QED) is 0.653. The Bertz CT molecular complexity index is 470. The molecule has 0 heterocycles. The molecular formula is C15H22N2O3. The van der Waals surface area contributed by atoms with Gasteiger partial charge in [0.1, 0.15) is 0 Å². The molecule has 0 spiro atoms. The van der Waals surface area contributed by atoms with E-state index in [4.69, 9.17) is 4.74 Å². The van der Waals surface area contributed by atoms with Gasteiger partial charge in [0.25, 0.3) is 0 Å². The minimum Gasteiger partial charge on any atom is -0.490 e. The summed E-state index contributed by atoms with van der Waals surface area (Å²) in [5, 5.41) is 14.3. The van der Waals surface area contributed by atoms with Crippen molar-refractivity contribution in [3.05, 3.63) is 28.3 Å². The first-order valence-corrected chi connectivity index (χ1v) is 7.21. The molecule has 2 rings (SSSR count). The third kappa shape index (κ3) is 3.40. The van der Waals surface area contributed by atoms with Gasteiger partial charge in [0.15, 0.2) is 5.75 Å². The van der Waals surface area contributed by atoms with Gasteiger partial charge in [0.2, 0.25) is 0 Å². The fourth-order valence-electron chi connectivity index (χ4n) is 2.93. The number of anilines is 1. The zero-order chi connectivity index (χ0) is 14.5. The molecule has 1 aliphatic rings. The van der Waals surface area contributed by atoms with Crippen LogP contribution in [0.5, 0.6) is 5.75 Å². The lowest BCUT2D eigenvalue weighted by Gasteiger charge is -2.29. The maximum Gasteiger partial charge on any atom is 0.311 e. The molecule has 0 bridgehead atoms. The molecule has 1 saturated carbocycles. The molecule has 0 radical (unpaired) electrons. The molecule has 1 aromatic rings. The van der Waals surface area contributed by atoms with Crippen LogP contribution in [0.4, 0.5) is 11.4 Å². The Labute approximate surface area is 119 Å². The highest BCUT2D eigenvalue weighted by atomic mass is 16.6. The van der Waals surface area contributed by atoms with Crippen LogP contribution in [-0.4, -0.2) is 18.1 Å². The van der Waals surface area contributed by atoms with Crippen LogP contribution in [0.25, 0.3) is 0 Å². The van der Waals surface area contributed by atoms with Crippen LogP contribution in [-0.2, 0) is 0 Å². The minimum atomic E-state index is -0.423. The molecule has 1 N–H and O–H groups in total. The third-order valence-electron chi connectivity index (χ3n) is 4.13. The molecule has 1 aromatic carbocycles. The largest absolute Gasteiger partial charge is 0.490 e. The van der Waals surface area contributed by atoms with Crippen molar-refractivity contribution in [1.29, 1.82) is 0 Å². The van der Waals surface area contributed by atoms with E-state index in [0.29, 0.717) is 17.7 Å². The standard InChI is InChI=1S/C15H22N2O3/c1-11(12-6-4-3-5-7-12)16-13-8-9-14(17(18)19)15(10-13)20-2/h8-12,16H,3-7H2,1-2H3. The first kappa shape index (κ1) is 14.6. The number of ether oxygens (including phenoxy) is 1. The van der Waals surface area contributed by atoms with Gasteiger partial charge in [0.05, 0.1) is 12.0 Å². The topological polar surface area (TPSA) is 64.4 Å². The number of rotatable bonds is 5. The average molecular weight is 278 g/mol. The Morgan fingerprint density at radius 3 is 2.65 bits per heavy atom. The summed E-state index contributed by atoms with van der Waals surface area (Å²) in [6.45, 7) is 2.18. The fourth-order valence-corrected chi connectivity index (χ4v) is 2.93. The molecular weight excluding hydrogens is 256 g/mol. The maximum atomic E-state index is 10.9. The average Bonchev–Trinajstić information content (AvgIpc) is 2.47. The van der Waals surface area contributed by atoms with E-state index in [2.05, 4.69) is 12.2 Å². The normalized spacial score (nSPS) is 17.5. The van der Waals surface area contributed by atoms with Crippen LogP contribution in [0.15, 0.2) is 18.2 Å². The molecule has 5 heteroatoms. The monoisotopic (exact) mass is 278 g/mol. The maximum absolute atomic E-state index is 10.9. The van der Waals surface area contributed by atoms with Crippen molar-refractivity contribution in [3.63, 3.8) is 0 Å². The van der Waals surface area contributed by atoms with E-state index >= 15 is 0 Å². The van der Waals surface area contributed by atoms with Gasteiger partial charge in [-0.3, -0.25) is 10.1 Å². The number of nitro groups is 1. The molecule has 1 unspecified atom stereocenters. The third-order valence-corrected chi connectivity index (χ3v) is 4.13. The lowest BCUT2D eigenvalue weighted by atomic mass is 9.84. The SMILES string of the molecule is COc1cc(NC(C)C2CCCCC2)ccc1[N+](=O)[O-]. The molecule has 110 valence electrons. The molecule has 1 aliphatic carbocycles. The second kappa shape index (κ2) is 6.59. The molecule has 1 atom stereocenters. The summed E-state index contributed by atoms with van der Waals surface area (Å²) < 4.78 is 5.09. The summed E-state index contributed by atoms with van der Waals surface area (Å²) in [7, 11) is 1.46. The Hall–Kier alpha value is -1.78. The zero-order valence-electron chi connectivity index (χ0n) is 12.1. The highest BCUT2D eigenvalue weighted by Crippen LogP contribution is 2.32. The van der Waals surface area contributed by atoms with Gasteiger partial charge in [0, 0.05) is 23.9 Å². The van der Waals surface area contributed by atoms with Gasteiger partial charge < -0.3 is 10.1 Å². The van der Waals surface area contributed by atoms with Crippen LogP contribution < -0.4 is 10.1 Å². The second-order valence-corrected chi connectivity index (χ2v) is 5.47. The predicted octanol–water partition coefficient (Wildman–Crippen LogP) is 3.98. The predicted molar refractivity (Wildman–Crippen MR) is 79.3 cm³/mol. The van der Waals surface area contributed by atoms with Crippen molar-refractivity contribution in [3.8, 4) is 5.75 Å². The van der Waals surface area contributed by atoms with Crippen molar-refractivity contribution in [2.45, 2.75) is 45.1 Å². The summed E-state index contributed by atoms with van der Waals surface area (Å²) in [4.78, 5) is 10.4. The van der Waals surface area contributed by atoms with E-state index in [9.17, 15) is 10.1 Å². The van der Waals surface area contributed by atoms with Gasteiger partial charge >= 0.3 is 5.69 Å². The summed E-state index contributed by atoms with van der Waals surface area (Å²) >= 11 is 0. The fraction of sp³-hybridized carbons (Fsp3) is 0.600. The Morgan fingerprint density at radius 2 is 2.05 bits per heavy atom. The zero-order valence-corrected chi connectivity index (χ0v) is 12.1. The van der Waals surface area contributed by atoms with E-state index in [0.717, 1.165) is 5.69 Å². The van der Waals surface area contributed by atoms with E-state index in [1.54, 1.807) is 12.1 Å². The number of nitrogens with zero attached hydrogens (tertiary/aromatic N) is 1. The molecule has 0 saturated heterocycles. The van der Waals surface area contributed by atoms with Crippen molar-refractivity contribution in [2.75, 3.05) is 12.4 Å².